The van der Waals surface area contributed by atoms with Gasteiger partial charge in [-0.3, -0.25) is 4.79 Å². The highest BCUT2D eigenvalue weighted by molar-refractivity contribution is 8.16. The van der Waals surface area contributed by atoms with E-state index in [0.29, 0.717) is 53.7 Å². The maximum atomic E-state index is 13.0. The molecule has 37 heavy (non-hydrogen) atoms. The Bertz CT molecular complexity index is 1270. The minimum atomic E-state index is -1.31. The SMILES string of the molecule is COc1c2c(c(O)c3c4c(c(C)cc13)[C@@H]1OCO[C@@H]1[C@](OC)([C@]1(CC(SC)SC)CO1)O4)C(=O)CCC2. The molecule has 2 aromatic carbocycles. The number of hydrogen-bond donors (Lipinski definition) is 1. The molecular formula is C27H32O8S2. The van der Waals surface area contributed by atoms with Crippen molar-refractivity contribution in [2.75, 3.05) is 40.1 Å². The fourth-order valence-electron chi connectivity index (χ4n) is 6.43. The number of ether oxygens (including phenoxy) is 6. The monoisotopic (exact) mass is 548 g/mol. The van der Waals surface area contributed by atoms with E-state index >= 15 is 0 Å². The Labute approximate surface area is 224 Å². The van der Waals surface area contributed by atoms with Crippen molar-refractivity contribution in [3.05, 3.63) is 28.3 Å². The second-order valence-corrected chi connectivity index (χ2v) is 12.4. The van der Waals surface area contributed by atoms with Crippen LogP contribution in [0.25, 0.3) is 10.8 Å². The maximum Gasteiger partial charge on any atom is 0.271 e. The third-order valence-corrected chi connectivity index (χ3v) is 10.8. The molecule has 1 N–H and O–H groups in total. The van der Waals surface area contributed by atoms with Crippen molar-refractivity contribution in [3.8, 4) is 17.2 Å². The average molecular weight is 549 g/mol. The molecule has 2 aromatic rings. The number of carbonyl (C=O) groups is 1. The summed E-state index contributed by atoms with van der Waals surface area (Å²) in [5.41, 5.74) is 2.02. The highest BCUT2D eigenvalue weighted by atomic mass is 32.2. The summed E-state index contributed by atoms with van der Waals surface area (Å²) in [5.74, 6) is -0.455. The van der Waals surface area contributed by atoms with Gasteiger partial charge in [-0.2, -0.15) is 23.5 Å². The van der Waals surface area contributed by atoms with Gasteiger partial charge in [-0.15, -0.1) is 0 Å². The van der Waals surface area contributed by atoms with Gasteiger partial charge in [0.1, 0.15) is 30.1 Å². The van der Waals surface area contributed by atoms with Crippen molar-refractivity contribution < 1.29 is 38.3 Å². The Hall–Kier alpha value is -1.69. The Morgan fingerprint density at radius 3 is 2.62 bits per heavy atom. The second-order valence-electron chi connectivity index (χ2n) is 10.0. The zero-order chi connectivity index (χ0) is 26.1. The fourth-order valence-corrected chi connectivity index (χ4v) is 8.08. The number of fused-ring (bicyclic) bond motifs is 6. The molecule has 3 aliphatic heterocycles. The van der Waals surface area contributed by atoms with Crippen molar-refractivity contribution in [3.63, 3.8) is 0 Å². The van der Waals surface area contributed by atoms with E-state index in [9.17, 15) is 9.90 Å². The van der Waals surface area contributed by atoms with Gasteiger partial charge in [0.2, 0.25) is 0 Å². The Kier molecular flexibility index (Phi) is 6.36. The van der Waals surface area contributed by atoms with Gasteiger partial charge in [0.15, 0.2) is 17.5 Å². The highest BCUT2D eigenvalue weighted by Gasteiger charge is 2.73. The maximum absolute atomic E-state index is 13.0. The van der Waals surface area contributed by atoms with Crippen LogP contribution in [-0.2, 0) is 25.4 Å². The van der Waals surface area contributed by atoms with E-state index < -0.39 is 23.6 Å². The van der Waals surface area contributed by atoms with Gasteiger partial charge in [0.05, 0.1) is 29.2 Å². The van der Waals surface area contributed by atoms with Crippen LogP contribution in [0.5, 0.6) is 17.2 Å². The van der Waals surface area contributed by atoms with Gasteiger partial charge in [-0.1, -0.05) is 0 Å². The van der Waals surface area contributed by atoms with Crippen LogP contribution in [0.2, 0.25) is 0 Å². The van der Waals surface area contributed by atoms with Gasteiger partial charge < -0.3 is 33.5 Å². The smallest absolute Gasteiger partial charge is 0.271 e. The van der Waals surface area contributed by atoms with Crippen molar-refractivity contribution in [1.29, 1.82) is 0 Å². The number of aryl methyl sites for hydroxylation is 1. The van der Waals surface area contributed by atoms with E-state index in [1.165, 1.54) is 0 Å². The molecule has 6 rings (SSSR count). The molecule has 0 amide bonds. The summed E-state index contributed by atoms with van der Waals surface area (Å²) < 4.78 is 37.7. The average Bonchev–Trinajstić information content (AvgIpc) is 3.52. The normalized spacial score (nSPS) is 30.2. The number of epoxide rings is 1. The largest absolute Gasteiger partial charge is 0.506 e. The first kappa shape index (κ1) is 25.6. The van der Waals surface area contributed by atoms with Crippen LogP contribution in [0.15, 0.2) is 6.07 Å². The quantitative estimate of drug-likeness (QED) is 0.386. The van der Waals surface area contributed by atoms with Gasteiger partial charge in [0, 0.05) is 36.5 Å². The molecule has 0 spiro atoms. The molecule has 4 aliphatic rings. The van der Waals surface area contributed by atoms with E-state index in [2.05, 4.69) is 12.5 Å². The van der Waals surface area contributed by atoms with Crippen LogP contribution in [0.3, 0.4) is 0 Å². The summed E-state index contributed by atoms with van der Waals surface area (Å²) >= 11 is 3.51. The molecule has 4 atom stereocenters. The standard InChI is InChI=1S/C27H32O8S2/c1-13-9-15-20(21(29)19-14(22(15)30-2)7-6-8-16(19)28)23-18(13)24-25(33-12-32-24)27(31-3,35-23)26(11-34-26)10-17(36-4)37-5/h9,17,24-25,29H,6-8,10-12H2,1-5H3/t24-,25-,26-,27+/m0/s1. The predicted molar refractivity (Wildman–Crippen MR) is 142 cm³/mol. The molecule has 3 heterocycles. The minimum Gasteiger partial charge on any atom is -0.506 e. The third-order valence-electron chi connectivity index (χ3n) is 8.27. The van der Waals surface area contributed by atoms with E-state index in [1.54, 1.807) is 37.7 Å². The van der Waals surface area contributed by atoms with E-state index in [0.717, 1.165) is 23.1 Å². The van der Waals surface area contributed by atoms with Crippen LogP contribution in [-0.4, -0.2) is 73.1 Å². The van der Waals surface area contributed by atoms with Crippen LogP contribution in [0, 0.1) is 6.92 Å². The molecule has 2 fully saturated rings. The summed E-state index contributed by atoms with van der Waals surface area (Å²) in [4.78, 5) is 13.0. The Morgan fingerprint density at radius 2 is 1.97 bits per heavy atom. The Balaban J connectivity index is 1.63. The van der Waals surface area contributed by atoms with Crippen molar-refractivity contribution >= 4 is 40.1 Å². The zero-order valence-electron chi connectivity index (χ0n) is 21.7. The van der Waals surface area contributed by atoms with Gasteiger partial charge in [-0.05, 0) is 43.9 Å². The van der Waals surface area contributed by atoms with Crippen molar-refractivity contribution in [1.82, 2.24) is 0 Å². The number of aromatic hydroxyl groups is 1. The van der Waals surface area contributed by atoms with Crippen LogP contribution < -0.4 is 9.47 Å². The number of phenols is 1. The minimum absolute atomic E-state index is 0.0778. The molecule has 0 bridgehead atoms. The third kappa shape index (κ3) is 3.49. The molecule has 0 unspecified atom stereocenters. The topological polar surface area (TPSA) is 96.0 Å². The second kappa shape index (κ2) is 9.20. The number of phenolic OH excluding ortho intramolecular Hbond substituents is 1. The van der Waals surface area contributed by atoms with Crippen LogP contribution in [0.4, 0.5) is 0 Å². The number of hydrogen-bond acceptors (Lipinski definition) is 10. The van der Waals surface area contributed by atoms with Crippen LogP contribution in [0.1, 0.15) is 52.4 Å². The van der Waals surface area contributed by atoms with Crippen molar-refractivity contribution in [2.45, 2.75) is 60.8 Å². The molecule has 0 aromatic heterocycles. The first-order valence-corrected chi connectivity index (χ1v) is 15.0. The predicted octanol–water partition coefficient (Wildman–Crippen LogP) is 4.74. The fraction of sp³-hybridized carbons (Fsp3) is 0.593. The number of ketones is 1. The summed E-state index contributed by atoms with van der Waals surface area (Å²) in [6, 6.07) is 1.98. The van der Waals surface area contributed by atoms with E-state index in [4.69, 9.17) is 28.4 Å². The van der Waals surface area contributed by atoms with E-state index in [-0.39, 0.29) is 22.9 Å². The summed E-state index contributed by atoms with van der Waals surface area (Å²) in [7, 11) is 3.20. The number of Topliss-reactive ketones (excluding diaryl/α,β-unsaturated/α-hetero) is 1. The first-order chi connectivity index (χ1) is 17.9. The number of rotatable bonds is 7. The number of thioether (sulfide) groups is 2. The molecule has 200 valence electrons. The molecule has 2 saturated heterocycles. The lowest BCUT2D eigenvalue weighted by molar-refractivity contribution is -0.272. The lowest BCUT2D eigenvalue weighted by Gasteiger charge is -2.47. The van der Waals surface area contributed by atoms with Gasteiger partial charge >= 0.3 is 0 Å². The Morgan fingerprint density at radius 1 is 1.22 bits per heavy atom. The van der Waals surface area contributed by atoms with Gasteiger partial charge in [0.25, 0.3) is 5.79 Å². The molecule has 1 aliphatic carbocycles. The van der Waals surface area contributed by atoms with E-state index in [1.807, 2.05) is 13.0 Å². The molecular weight excluding hydrogens is 516 g/mol. The lowest BCUT2D eigenvalue weighted by atomic mass is 9.80. The van der Waals surface area contributed by atoms with Gasteiger partial charge in [-0.25, -0.2) is 0 Å². The summed E-state index contributed by atoms with van der Waals surface area (Å²) in [6.45, 7) is 2.53. The summed E-state index contributed by atoms with van der Waals surface area (Å²) in [6.07, 6.45) is 5.54. The zero-order valence-corrected chi connectivity index (χ0v) is 23.3. The number of carbonyl (C=O) groups excluding carboxylic acids is 1. The lowest BCUT2D eigenvalue weighted by Crippen LogP contribution is -2.64. The first-order valence-electron chi connectivity index (χ1n) is 12.5. The molecule has 10 heteroatoms. The van der Waals surface area contributed by atoms with Crippen LogP contribution >= 0.6 is 23.5 Å². The number of methoxy groups -OCH3 is 2. The number of benzene rings is 2. The molecule has 0 radical (unpaired) electrons. The molecule has 8 nitrogen and oxygen atoms in total. The van der Waals surface area contributed by atoms with Crippen molar-refractivity contribution in [2.24, 2.45) is 0 Å². The summed E-state index contributed by atoms with van der Waals surface area (Å²) in [5, 5.41) is 12.8. The molecule has 0 saturated carbocycles. The highest BCUT2D eigenvalue weighted by Crippen LogP contribution is 2.60.